The van der Waals surface area contributed by atoms with Crippen LogP contribution in [0.25, 0.3) is 5.52 Å². The number of carbonyl (C=O) groups excluding carboxylic acids is 1. The third-order valence-electron chi connectivity index (χ3n) is 6.79. The van der Waals surface area contributed by atoms with Crippen molar-refractivity contribution in [3.8, 4) is 11.5 Å². The highest BCUT2D eigenvalue weighted by atomic mass is 127. The fraction of sp³-hybridized carbons (Fsp3) is 0.321. The molecular formula is C28H29BrIN5O4. The highest BCUT2D eigenvalue weighted by Gasteiger charge is 2.30. The number of aromatic nitrogens is 3. The van der Waals surface area contributed by atoms with Gasteiger partial charge in [0.25, 0.3) is 0 Å². The first-order valence-corrected chi connectivity index (χ1v) is 14.5. The monoisotopic (exact) mass is 705 g/mol. The fourth-order valence-electron chi connectivity index (χ4n) is 4.81. The Morgan fingerprint density at radius 3 is 2.77 bits per heavy atom. The van der Waals surface area contributed by atoms with Crippen molar-refractivity contribution < 1.29 is 19.0 Å². The van der Waals surface area contributed by atoms with Gasteiger partial charge in [0, 0.05) is 37.2 Å². The molecule has 1 amide bonds. The molecule has 0 unspecified atom stereocenters. The summed E-state index contributed by atoms with van der Waals surface area (Å²) in [4.78, 5) is 24.3. The molecule has 4 aromatic rings. The van der Waals surface area contributed by atoms with E-state index >= 15 is 0 Å². The Morgan fingerprint density at radius 1 is 1.18 bits per heavy atom. The van der Waals surface area contributed by atoms with E-state index in [0.29, 0.717) is 25.5 Å². The zero-order chi connectivity index (χ0) is 27.4. The average Bonchev–Trinajstić information content (AvgIpc) is 3.34. The molecule has 2 aromatic carbocycles. The summed E-state index contributed by atoms with van der Waals surface area (Å²) in [5.74, 6) is 3.15. The van der Waals surface area contributed by atoms with Gasteiger partial charge >= 0.3 is 6.09 Å². The van der Waals surface area contributed by atoms with Crippen LogP contribution in [-0.4, -0.2) is 52.7 Å². The second-order valence-corrected chi connectivity index (χ2v) is 11.1. The average molecular weight is 706 g/mol. The maximum absolute atomic E-state index is 12.9. The maximum Gasteiger partial charge on any atom is 0.410 e. The molecule has 11 heteroatoms. The predicted molar refractivity (Wildman–Crippen MR) is 160 cm³/mol. The number of anilines is 1. The topological polar surface area (TPSA) is 90.2 Å². The maximum atomic E-state index is 12.9. The minimum atomic E-state index is -0.296. The van der Waals surface area contributed by atoms with Gasteiger partial charge in [-0.3, -0.25) is 4.40 Å². The van der Waals surface area contributed by atoms with Gasteiger partial charge in [-0.25, -0.2) is 14.8 Å². The number of halogens is 2. The van der Waals surface area contributed by atoms with Crippen molar-refractivity contribution in [3.63, 3.8) is 0 Å². The standard InChI is InChI=1S/C28H29BrIN5O4/c1-37-21-11-10-19(22(13-21)38-2)14-31-26-24-25(30)33-27(35(24)23(29)15-32-26)20-9-6-12-34(16-20)28(36)39-17-18-7-4-3-5-8-18/h3-5,7-8,10-11,13,15,20H,6,9,12,14,16-17H2,1-2H3,(H,31,32)/t20-/m1/s1. The molecule has 1 fully saturated rings. The van der Waals surface area contributed by atoms with Gasteiger partial charge in [0.1, 0.15) is 37.8 Å². The zero-order valence-corrected chi connectivity index (χ0v) is 25.4. The van der Waals surface area contributed by atoms with Gasteiger partial charge < -0.3 is 24.4 Å². The van der Waals surface area contributed by atoms with E-state index in [1.54, 1.807) is 25.3 Å². The molecule has 0 saturated carbocycles. The van der Waals surface area contributed by atoms with Crippen LogP contribution in [0.2, 0.25) is 0 Å². The molecule has 2 aromatic heterocycles. The summed E-state index contributed by atoms with van der Waals surface area (Å²) < 4.78 is 20.2. The smallest absolute Gasteiger partial charge is 0.410 e. The third kappa shape index (κ3) is 6.08. The number of nitrogens with zero attached hydrogens (tertiary/aromatic N) is 4. The van der Waals surface area contributed by atoms with Crippen molar-refractivity contribution in [1.29, 1.82) is 0 Å². The first-order chi connectivity index (χ1) is 19.0. The number of amides is 1. The normalized spacial score (nSPS) is 15.3. The molecule has 0 radical (unpaired) electrons. The summed E-state index contributed by atoms with van der Waals surface area (Å²) >= 11 is 5.94. The van der Waals surface area contributed by atoms with Gasteiger partial charge in [-0.2, -0.15) is 0 Å². The Labute approximate surface area is 249 Å². The highest BCUT2D eigenvalue weighted by molar-refractivity contribution is 14.1. The summed E-state index contributed by atoms with van der Waals surface area (Å²) in [5.41, 5.74) is 2.83. The third-order valence-corrected chi connectivity index (χ3v) is 8.10. The van der Waals surface area contributed by atoms with E-state index in [4.69, 9.17) is 19.2 Å². The van der Waals surface area contributed by atoms with Gasteiger partial charge in [-0.1, -0.05) is 30.3 Å². The van der Waals surface area contributed by atoms with Crippen molar-refractivity contribution in [2.45, 2.75) is 31.9 Å². The van der Waals surface area contributed by atoms with E-state index in [9.17, 15) is 4.79 Å². The molecule has 1 atom stereocenters. The molecule has 9 nitrogen and oxygen atoms in total. The summed E-state index contributed by atoms with van der Waals surface area (Å²) in [6.07, 6.45) is 3.28. The van der Waals surface area contributed by atoms with Crippen molar-refractivity contribution >= 4 is 55.9 Å². The Balaban J connectivity index is 1.35. The molecule has 204 valence electrons. The van der Waals surface area contributed by atoms with E-state index in [0.717, 1.165) is 55.1 Å². The SMILES string of the molecule is COc1ccc(CNc2ncc(Br)n3c([C@@H]4CCCN(C(=O)OCc5ccccc5)C4)nc(I)c23)c(OC)c1. The van der Waals surface area contributed by atoms with Crippen LogP contribution < -0.4 is 14.8 Å². The van der Waals surface area contributed by atoms with E-state index in [2.05, 4.69) is 53.2 Å². The number of hydrogen-bond acceptors (Lipinski definition) is 7. The number of carbonyl (C=O) groups is 1. The van der Waals surface area contributed by atoms with Gasteiger partial charge in [0.05, 0.1) is 20.4 Å². The van der Waals surface area contributed by atoms with E-state index in [1.165, 1.54) is 0 Å². The van der Waals surface area contributed by atoms with Crippen LogP contribution in [0.5, 0.6) is 11.5 Å². The first-order valence-electron chi connectivity index (χ1n) is 12.6. The second-order valence-electron chi connectivity index (χ2n) is 9.23. The Morgan fingerprint density at radius 2 is 2.00 bits per heavy atom. The second kappa shape index (κ2) is 12.4. The number of fused-ring (bicyclic) bond motifs is 1. The van der Waals surface area contributed by atoms with Crippen LogP contribution in [-0.2, 0) is 17.9 Å². The van der Waals surface area contributed by atoms with Crippen LogP contribution in [0, 0.1) is 3.70 Å². The van der Waals surface area contributed by atoms with Crippen LogP contribution in [0.3, 0.4) is 0 Å². The molecule has 1 aliphatic rings. The molecule has 0 bridgehead atoms. The summed E-state index contributed by atoms with van der Waals surface area (Å²) in [7, 11) is 3.28. The lowest BCUT2D eigenvalue weighted by atomic mass is 9.97. The number of ether oxygens (including phenoxy) is 3. The lowest BCUT2D eigenvalue weighted by Gasteiger charge is -2.31. The van der Waals surface area contributed by atoms with Gasteiger partial charge in [0.15, 0.2) is 5.82 Å². The molecule has 3 heterocycles. The van der Waals surface area contributed by atoms with E-state index in [-0.39, 0.29) is 18.6 Å². The van der Waals surface area contributed by atoms with Crippen molar-refractivity contribution in [1.82, 2.24) is 19.3 Å². The number of piperidine rings is 1. The molecule has 1 aliphatic heterocycles. The highest BCUT2D eigenvalue weighted by Crippen LogP contribution is 2.34. The Kier molecular flexibility index (Phi) is 8.75. The van der Waals surface area contributed by atoms with Crippen LogP contribution >= 0.6 is 38.5 Å². The van der Waals surface area contributed by atoms with Crippen molar-refractivity contribution in [2.75, 3.05) is 32.6 Å². The molecule has 5 rings (SSSR count). The molecule has 39 heavy (non-hydrogen) atoms. The summed E-state index contributed by atoms with van der Waals surface area (Å²) in [6, 6.07) is 15.5. The molecule has 0 aliphatic carbocycles. The Hall–Kier alpha value is -3.06. The molecule has 0 spiro atoms. The number of imidazole rings is 1. The largest absolute Gasteiger partial charge is 0.497 e. The lowest BCUT2D eigenvalue weighted by molar-refractivity contribution is 0.0852. The summed E-state index contributed by atoms with van der Waals surface area (Å²) in [6.45, 7) is 1.99. The van der Waals surface area contributed by atoms with Crippen LogP contribution in [0.15, 0.2) is 59.3 Å². The van der Waals surface area contributed by atoms with E-state index < -0.39 is 0 Å². The van der Waals surface area contributed by atoms with Gasteiger partial charge in [-0.05, 0) is 69.1 Å². The number of benzene rings is 2. The van der Waals surface area contributed by atoms with E-state index in [1.807, 2.05) is 48.5 Å². The molecule has 1 N–H and O–H groups in total. The van der Waals surface area contributed by atoms with Gasteiger partial charge in [-0.15, -0.1) is 0 Å². The number of nitrogens with one attached hydrogen (secondary N) is 1. The molecule has 1 saturated heterocycles. The lowest BCUT2D eigenvalue weighted by Crippen LogP contribution is -2.39. The first kappa shape index (κ1) is 27.5. The minimum absolute atomic E-state index is 0.0623. The number of hydrogen-bond donors (Lipinski definition) is 1. The quantitative estimate of drug-likeness (QED) is 0.217. The number of likely N-dealkylation sites (tertiary alicyclic amines) is 1. The fourth-order valence-corrected chi connectivity index (χ4v) is 6.02. The molecular weight excluding hydrogens is 677 g/mol. The van der Waals surface area contributed by atoms with Crippen LogP contribution in [0.1, 0.15) is 35.7 Å². The summed E-state index contributed by atoms with van der Waals surface area (Å²) in [5, 5.41) is 3.46. The minimum Gasteiger partial charge on any atom is -0.497 e. The van der Waals surface area contributed by atoms with Crippen LogP contribution in [0.4, 0.5) is 10.6 Å². The predicted octanol–water partition coefficient (Wildman–Crippen LogP) is 6.24. The van der Waals surface area contributed by atoms with Crippen molar-refractivity contribution in [3.05, 3.63) is 80.0 Å². The van der Waals surface area contributed by atoms with Crippen molar-refractivity contribution in [2.24, 2.45) is 0 Å². The van der Waals surface area contributed by atoms with Gasteiger partial charge in [0.2, 0.25) is 0 Å². The number of rotatable bonds is 8. The number of methoxy groups -OCH3 is 2. The Bertz CT molecular complexity index is 1470. The zero-order valence-electron chi connectivity index (χ0n) is 21.7.